The summed E-state index contributed by atoms with van der Waals surface area (Å²) in [5.41, 5.74) is 0. The lowest BCUT2D eigenvalue weighted by Gasteiger charge is -1.98. The Morgan fingerprint density at radius 1 is 1.80 bits per heavy atom. The second-order valence-electron chi connectivity index (χ2n) is 1.67. The highest BCUT2D eigenvalue weighted by atomic mass is 35.5. The molecule has 1 aromatic rings. The predicted octanol–water partition coefficient (Wildman–Crippen LogP) is 1.93. The van der Waals surface area contributed by atoms with Crippen molar-refractivity contribution >= 4 is 11.6 Å². The average Bonchev–Trinajstić information content (AvgIpc) is 1.95. The van der Waals surface area contributed by atoms with Crippen molar-refractivity contribution in [1.29, 1.82) is 0 Å². The third-order valence-corrected chi connectivity index (χ3v) is 1.13. The van der Waals surface area contributed by atoms with Crippen LogP contribution in [0.15, 0.2) is 12.3 Å². The number of rotatable bonds is 2. The summed E-state index contributed by atoms with van der Waals surface area (Å²) in [7, 11) is 0. The highest BCUT2D eigenvalue weighted by Gasteiger charge is 1.91. The van der Waals surface area contributed by atoms with Gasteiger partial charge in [-0.2, -0.15) is 0 Å². The van der Waals surface area contributed by atoms with E-state index in [0.717, 1.165) is 0 Å². The number of hydrogen-bond acceptors (Lipinski definition) is 2. The maximum atomic E-state index is 5.56. The van der Waals surface area contributed by atoms with Gasteiger partial charge in [0, 0.05) is 6.20 Å². The lowest BCUT2D eigenvalue weighted by Crippen LogP contribution is -1.93. The fourth-order valence-electron chi connectivity index (χ4n) is 0.541. The van der Waals surface area contributed by atoms with Gasteiger partial charge in [-0.3, -0.25) is 0 Å². The van der Waals surface area contributed by atoms with Crippen LogP contribution in [0.1, 0.15) is 6.92 Å². The van der Waals surface area contributed by atoms with Crippen LogP contribution in [0.5, 0.6) is 5.88 Å². The first-order chi connectivity index (χ1) is 4.83. The molecule has 2 nitrogen and oxygen atoms in total. The van der Waals surface area contributed by atoms with Crippen LogP contribution in [0.4, 0.5) is 0 Å². The Bertz CT molecular complexity index is 197. The van der Waals surface area contributed by atoms with Crippen LogP contribution in [0.25, 0.3) is 0 Å². The molecule has 1 radical (unpaired) electrons. The topological polar surface area (TPSA) is 22.1 Å². The molecule has 0 aliphatic carbocycles. The fourth-order valence-corrected chi connectivity index (χ4v) is 0.645. The predicted molar refractivity (Wildman–Crippen MR) is 39.3 cm³/mol. The maximum absolute atomic E-state index is 5.56. The van der Waals surface area contributed by atoms with Gasteiger partial charge < -0.3 is 4.74 Å². The Morgan fingerprint density at radius 3 is 3.10 bits per heavy atom. The zero-order valence-corrected chi connectivity index (χ0v) is 6.35. The maximum Gasteiger partial charge on any atom is 0.221 e. The molecule has 53 valence electrons. The van der Waals surface area contributed by atoms with E-state index in [0.29, 0.717) is 17.5 Å². The normalized spacial score (nSPS) is 9.40. The van der Waals surface area contributed by atoms with Crippen molar-refractivity contribution in [2.24, 2.45) is 0 Å². The first-order valence-corrected chi connectivity index (χ1v) is 3.36. The summed E-state index contributed by atoms with van der Waals surface area (Å²) in [5, 5.41) is 0.573. The molecule has 10 heavy (non-hydrogen) atoms. The molecule has 0 fully saturated rings. The molecule has 1 heterocycles. The van der Waals surface area contributed by atoms with E-state index in [9.17, 15) is 0 Å². The van der Waals surface area contributed by atoms with Gasteiger partial charge in [-0.05, 0) is 13.0 Å². The highest BCUT2D eigenvalue weighted by molar-refractivity contribution is 6.30. The number of hydrogen-bond donors (Lipinski definition) is 0. The average molecular weight is 157 g/mol. The van der Waals surface area contributed by atoms with E-state index in [-0.39, 0.29) is 0 Å². The summed E-state index contributed by atoms with van der Waals surface area (Å²) in [6, 6.07) is 4.40. The minimum atomic E-state index is 0.493. The molecule has 0 spiro atoms. The van der Waals surface area contributed by atoms with Gasteiger partial charge in [0.1, 0.15) is 0 Å². The van der Waals surface area contributed by atoms with Gasteiger partial charge in [0.15, 0.2) is 0 Å². The minimum absolute atomic E-state index is 0.493. The zero-order chi connectivity index (χ0) is 7.40. The molecule has 0 unspecified atom stereocenters. The van der Waals surface area contributed by atoms with Crippen LogP contribution >= 0.6 is 11.6 Å². The van der Waals surface area contributed by atoms with Crippen molar-refractivity contribution in [2.75, 3.05) is 6.61 Å². The second kappa shape index (κ2) is 3.42. The van der Waals surface area contributed by atoms with Crippen LogP contribution < -0.4 is 4.74 Å². The number of ether oxygens (including phenoxy) is 1. The minimum Gasteiger partial charge on any atom is -0.478 e. The van der Waals surface area contributed by atoms with E-state index in [2.05, 4.69) is 11.1 Å². The highest BCUT2D eigenvalue weighted by Crippen LogP contribution is 2.09. The summed E-state index contributed by atoms with van der Waals surface area (Å²) in [6.45, 7) is 2.50. The third-order valence-electron chi connectivity index (χ3n) is 0.920. The molecule has 1 rings (SSSR count). The van der Waals surface area contributed by atoms with Crippen molar-refractivity contribution in [3.63, 3.8) is 0 Å². The Kier molecular flexibility index (Phi) is 2.51. The van der Waals surface area contributed by atoms with Crippen molar-refractivity contribution in [3.8, 4) is 5.88 Å². The monoisotopic (exact) mass is 156 g/mol. The van der Waals surface area contributed by atoms with E-state index in [4.69, 9.17) is 16.3 Å². The Balaban J connectivity index is 2.69. The van der Waals surface area contributed by atoms with Gasteiger partial charge in [-0.1, -0.05) is 11.6 Å². The number of halogens is 1. The largest absolute Gasteiger partial charge is 0.478 e. The first-order valence-electron chi connectivity index (χ1n) is 2.99. The van der Waals surface area contributed by atoms with Crippen LogP contribution in [0.3, 0.4) is 0 Å². The summed E-state index contributed by atoms with van der Waals surface area (Å²) in [4.78, 5) is 3.86. The van der Waals surface area contributed by atoms with Crippen LogP contribution in [0, 0.1) is 6.07 Å². The number of aromatic nitrogens is 1. The van der Waals surface area contributed by atoms with E-state index in [1.165, 1.54) is 6.20 Å². The summed E-state index contributed by atoms with van der Waals surface area (Å²) < 4.78 is 5.04. The van der Waals surface area contributed by atoms with Gasteiger partial charge in [0.05, 0.1) is 17.7 Å². The molecule has 1 aromatic heterocycles. The van der Waals surface area contributed by atoms with Gasteiger partial charge >= 0.3 is 0 Å². The quantitative estimate of drug-likeness (QED) is 0.653. The van der Waals surface area contributed by atoms with Crippen LogP contribution in [0.2, 0.25) is 5.02 Å². The summed E-state index contributed by atoms with van der Waals surface area (Å²) in [5.74, 6) is 0.493. The van der Waals surface area contributed by atoms with E-state index in [1.54, 1.807) is 6.07 Å². The molecule has 0 atom stereocenters. The summed E-state index contributed by atoms with van der Waals surface area (Å²) >= 11 is 5.56. The molecule has 0 N–H and O–H groups in total. The molecule has 3 heteroatoms. The second-order valence-corrected chi connectivity index (χ2v) is 2.11. The van der Waals surface area contributed by atoms with Gasteiger partial charge in [0.25, 0.3) is 0 Å². The molecule has 0 saturated carbocycles. The molecule has 0 aliphatic rings. The van der Waals surface area contributed by atoms with E-state index in [1.807, 2.05) is 6.92 Å². The summed E-state index contributed by atoms with van der Waals surface area (Å²) in [6.07, 6.45) is 1.53. The van der Waals surface area contributed by atoms with Crippen molar-refractivity contribution in [1.82, 2.24) is 4.98 Å². The van der Waals surface area contributed by atoms with Crippen LogP contribution in [-0.4, -0.2) is 11.6 Å². The number of nitrogens with zero attached hydrogens (tertiary/aromatic N) is 1. The van der Waals surface area contributed by atoms with Gasteiger partial charge in [0.2, 0.25) is 5.88 Å². The van der Waals surface area contributed by atoms with Crippen LogP contribution in [-0.2, 0) is 0 Å². The van der Waals surface area contributed by atoms with Crippen molar-refractivity contribution in [3.05, 3.63) is 23.4 Å². The fraction of sp³-hybridized carbons (Fsp3) is 0.286. The Hall–Kier alpha value is -0.760. The lowest BCUT2D eigenvalue weighted by atomic mass is 10.5. The molecule has 0 aliphatic heterocycles. The van der Waals surface area contributed by atoms with Gasteiger partial charge in [-0.15, -0.1) is 0 Å². The molecular weight excluding hydrogens is 150 g/mol. The SMILES string of the molecule is CCOc1[c]cc(Cl)cn1. The van der Waals surface area contributed by atoms with Gasteiger partial charge in [-0.25, -0.2) is 4.98 Å². The standard InChI is InChI=1S/C7H7ClNO/c1-2-10-7-4-3-6(8)5-9-7/h3,5H,2H2,1H3. The Labute approximate surface area is 64.8 Å². The third kappa shape index (κ3) is 1.88. The molecular formula is C7H7ClNO. The van der Waals surface area contributed by atoms with E-state index < -0.39 is 0 Å². The Morgan fingerprint density at radius 2 is 2.60 bits per heavy atom. The molecule has 0 saturated heterocycles. The van der Waals surface area contributed by atoms with Crippen molar-refractivity contribution in [2.45, 2.75) is 6.92 Å². The molecule has 0 amide bonds. The van der Waals surface area contributed by atoms with Crippen molar-refractivity contribution < 1.29 is 4.74 Å². The first kappa shape index (κ1) is 7.35. The number of pyridine rings is 1. The smallest absolute Gasteiger partial charge is 0.221 e. The zero-order valence-electron chi connectivity index (χ0n) is 5.60. The lowest BCUT2D eigenvalue weighted by molar-refractivity contribution is 0.326. The molecule has 0 aromatic carbocycles. The molecule has 0 bridgehead atoms. The van der Waals surface area contributed by atoms with E-state index >= 15 is 0 Å².